The minimum atomic E-state index is -1.74. The molecule has 0 spiro atoms. The van der Waals surface area contributed by atoms with Crippen molar-refractivity contribution >= 4 is 0 Å². The minimum absolute atomic E-state index is 0.337. The number of rotatable bonds is 1. The van der Waals surface area contributed by atoms with Crippen LogP contribution in [0.4, 0.5) is 4.39 Å². The molecule has 1 aromatic heterocycles. The monoisotopic (exact) mass is 219 g/mol. The second kappa shape index (κ2) is 4.18. The van der Waals surface area contributed by atoms with Crippen LogP contribution in [0.5, 0.6) is 0 Å². The summed E-state index contributed by atoms with van der Waals surface area (Å²) in [7, 11) is 1.71. The van der Waals surface area contributed by atoms with E-state index in [1.807, 2.05) is 0 Å². The summed E-state index contributed by atoms with van der Waals surface area (Å²) in [5.41, 5.74) is 0.337. The summed E-state index contributed by atoms with van der Waals surface area (Å²) in [5.74, 6) is -2.38. The predicted octanol–water partition coefficient (Wildman–Crippen LogP) is 2.07. The molecule has 16 heavy (non-hydrogen) atoms. The number of halogens is 1. The molecule has 1 saturated heterocycles. The SMILES string of the molecule is CN1CCCC(C#N)C1(F)c1ccccn1. The van der Waals surface area contributed by atoms with Gasteiger partial charge in [-0.05, 0) is 32.0 Å². The van der Waals surface area contributed by atoms with E-state index in [0.29, 0.717) is 18.7 Å². The van der Waals surface area contributed by atoms with Gasteiger partial charge in [0.2, 0.25) is 5.79 Å². The molecule has 1 aliphatic rings. The molecule has 2 atom stereocenters. The quantitative estimate of drug-likeness (QED) is 0.679. The zero-order chi connectivity index (χ0) is 11.6. The second-order valence-corrected chi connectivity index (χ2v) is 4.13. The van der Waals surface area contributed by atoms with Crippen LogP contribution in [0.25, 0.3) is 0 Å². The second-order valence-electron chi connectivity index (χ2n) is 4.13. The van der Waals surface area contributed by atoms with E-state index in [9.17, 15) is 0 Å². The largest absolute Gasteiger partial charge is 0.268 e. The molecule has 0 amide bonds. The Morgan fingerprint density at radius 2 is 2.44 bits per heavy atom. The lowest BCUT2D eigenvalue weighted by molar-refractivity contribution is -0.0855. The van der Waals surface area contributed by atoms with E-state index < -0.39 is 11.7 Å². The molecule has 3 nitrogen and oxygen atoms in total. The van der Waals surface area contributed by atoms with Crippen molar-refractivity contribution in [1.29, 1.82) is 5.26 Å². The molecule has 0 N–H and O–H groups in total. The van der Waals surface area contributed by atoms with Crippen molar-refractivity contribution in [2.45, 2.75) is 18.6 Å². The average Bonchev–Trinajstić information content (AvgIpc) is 2.34. The molecule has 0 radical (unpaired) electrons. The van der Waals surface area contributed by atoms with Crippen LogP contribution in [0.15, 0.2) is 24.4 Å². The molecule has 2 rings (SSSR count). The summed E-state index contributed by atoms with van der Waals surface area (Å²) in [6, 6.07) is 7.21. The van der Waals surface area contributed by atoms with Crippen LogP contribution in [-0.4, -0.2) is 23.5 Å². The molecule has 84 valence electrons. The topological polar surface area (TPSA) is 39.9 Å². The third-order valence-corrected chi connectivity index (χ3v) is 3.18. The first-order valence-corrected chi connectivity index (χ1v) is 5.41. The van der Waals surface area contributed by atoms with Gasteiger partial charge in [0, 0.05) is 12.7 Å². The lowest BCUT2D eigenvalue weighted by Gasteiger charge is -2.41. The van der Waals surface area contributed by atoms with Crippen LogP contribution < -0.4 is 0 Å². The molecule has 0 saturated carbocycles. The van der Waals surface area contributed by atoms with E-state index in [4.69, 9.17) is 5.26 Å². The first-order valence-electron chi connectivity index (χ1n) is 5.41. The highest BCUT2D eigenvalue weighted by molar-refractivity contribution is 5.18. The molecule has 2 heterocycles. The van der Waals surface area contributed by atoms with E-state index in [1.165, 1.54) is 0 Å². The van der Waals surface area contributed by atoms with Crippen LogP contribution in [0, 0.1) is 17.2 Å². The standard InChI is InChI=1S/C12H14FN3/c1-16-8-4-5-10(9-14)12(16,13)11-6-2-3-7-15-11/h2-3,6-7,10H,4-5,8H2,1H3. The highest BCUT2D eigenvalue weighted by Gasteiger charge is 2.48. The number of hydrogen-bond donors (Lipinski definition) is 0. The van der Waals surface area contributed by atoms with Crippen LogP contribution in [-0.2, 0) is 5.79 Å². The summed E-state index contributed by atoms with van der Waals surface area (Å²) in [6.07, 6.45) is 3.01. The van der Waals surface area contributed by atoms with E-state index >= 15 is 4.39 Å². The number of hydrogen-bond acceptors (Lipinski definition) is 3. The Morgan fingerprint density at radius 1 is 1.62 bits per heavy atom. The maximum Gasteiger partial charge on any atom is 0.222 e. The minimum Gasteiger partial charge on any atom is -0.268 e. The maximum absolute atomic E-state index is 15.0. The van der Waals surface area contributed by atoms with Crippen molar-refractivity contribution in [2.24, 2.45) is 5.92 Å². The zero-order valence-corrected chi connectivity index (χ0v) is 9.23. The molecule has 1 aliphatic heterocycles. The fourth-order valence-corrected chi connectivity index (χ4v) is 2.25. The number of alkyl halides is 1. The molecule has 0 aliphatic carbocycles. The molecule has 1 fully saturated rings. The Kier molecular flexibility index (Phi) is 2.88. The fraction of sp³-hybridized carbons (Fsp3) is 0.500. The Balaban J connectivity index is 2.44. The summed E-state index contributed by atoms with van der Waals surface area (Å²) in [5, 5.41) is 9.06. The molecular weight excluding hydrogens is 205 g/mol. The van der Waals surface area contributed by atoms with Gasteiger partial charge >= 0.3 is 0 Å². The maximum atomic E-state index is 15.0. The van der Waals surface area contributed by atoms with Gasteiger partial charge in [-0.1, -0.05) is 6.07 Å². The van der Waals surface area contributed by atoms with Gasteiger partial charge in [-0.2, -0.15) is 5.26 Å². The van der Waals surface area contributed by atoms with Crippen LogP contribution in [0.1, 0.15) is 18.5 Å². The number of likely N-dealkylation sites (tertiary alicyclic amines) is 1. The first kappa shape index (κ1) is 11.0. The highest BCUT2D eigenvalue weighted by atomic mass is 19.1. The summed E-state index contributed by atoms with van der Waals surface area (Å²) >= 11 is 0. The third kappa shape index (κ3) is 1.57. The van der Waals surface area contributed by atoms with E-state index in [2.05, 4.69) is 11.1 Å². The zero-order valence-electron chi connectivity index (χ0n) is 9.23. The average molecular weight is 219 g/mol. The van der Waals surface area contributed by atoms with Crippen molar-refractivity contribution in [2.75, 3.05) is 13.6 Å². The molecular formula is C12H14FN3. The number of nitriles is 1. The van der Waals surface area contributed by atoms with Crippen molar-refractivity contribution < 1.29 is 4.39 Å². The van der Waals surface area contributed by atoms with Crippen LogP contribution >= 0.6 is 0 Å². The first-order chi connectivity index (χ1) is 7.69. The number of pyridine rings is 1. The summed E-state index contributed by atoms with van der Waals surface area (Å²) in [4.78, 5) is 5.64. The summed E-state index contributed by atoms with van der Waals surface area (Å²) < 4.78 is 15.0. The fourth-order valence-electron chi connectivity index (χ4n) is 2.25. The Hall–Kier alpha value is -1.47. The highest BCUT2D eigenvalue weighted by Crippen LogP contribution is 2.41. The van der Waals surface area contributed by atoms with Crippen LogP contribution in [0.2, 0.25) is 0 Å². The lowest BCUT2D eigenvalue weighted by Crippen LogP contribution is -2.49. The smallest absolute Gasteiger partial charge is 0.222 e. The molecule has 0 aromatic carbocycles. The molecule has 4 heteroatoms. The van der Waals surface area contributed by atoms with E-state index in [-0.39, 0.29) is 0 Å². The lowest BCUT2D eigenvalue weighted by atomic mass is 9.86. The van der Waals surface area contributed by atoms with Crippen molar-refractivity contribution in [3.8, 4) is 6.07 Å². The van der Waals surface area contributed by atoms with E-state index in [0.717, 1.165) is 6.42 Å². The van der Waals surface area contributed by atoms with E-state index in [1.54, 1.807) is 36.3 Å². The van der Waals surface area contributed by atoms with Crippen molar-refractivity contribution in [3.05, 3.63) is 30.1 Å². The predicted molar refractivity (Wildman–Crippen MR) is 58.0 cm³/mol. The number of aromatic nitrogens is 1. The third-order valence-electron chi connectivity index (χ3n) is 3.18. The van der Waals surface area contributed by atoms with Gasteiger partial charge in [-0.25, -0.2) is 4.39 Å². The molecule has 2 unspecified atom stereocenters. The number of nitrogens with zero attached hydrogens (tertiary/aromatic N) is 3. The van der Waals surface area contributed by atoms with Crippen LogP contribution in [0.3, 0.4) is 0 Å². The van der Waals surface area contributed by atoms with Gasteiger partial charge in [0.25, 0.3) is 0 Å². The van der Waals surface area contributed by atoms with Gasteiger partial charge in [0.15, 0.2) is 0 Å². The van der Waals surface area contributed by atoms with Gasteiger partial charge in [0.05, 0.1) is 11.8 Å². The van der Waals surface area contributed by atoms with Gasteiger partial charge in [-0.15, -0.1) is 0 Å². The Morgan fingerprint density at radius 3 is 3.06 bits per heavy atom. The summed E-state index contributed by atoms with van der Waals surface area (Å²) in [6.45, 7) is 0.658. The van der Waals surface area contributed by atoms with Gasteiger partial charge in [-0.3, -0.25) is 9.88 Å². The van der Waals surface area contributed by atoms with Crippen molar-refractivity contribution in [1.82, 2.24) is 9.88 Å². The molecule has 1 aromatic rings. The normalized spacial score (nSPS) is 30.9. The molecule has 0 bridgehead atoms. The van der Waals surface area contributed by atoms with Gasteiger partial charge in [0.1, 0.15) is 5.92 Å². The Labute approximate surface area is 94.5 Å². The van der Waals surface area contributed by atoms with Gasteiger partial charge < -0.3 is 0 Å². The van der Waals surface area contributed by atoms with Crippen molar-refractivity contribution in [3.63, 3.8) is 0 Å². The number of piperidine rings is 1. The Bertz CT molecular complexity index is 400.